The fraction of sp³-hybridized carbons (Fsp3) is 0.500. The molecule has 6 nitrogen and oxygen atoms in total. The van der Waals surface area contributed by atoms with Gasteiger partial charge in [-0.1, -0.05) is 31.6 Å². The molecule has 0 bridgehead atoms. The molecule has 25 heavy (non-hydrogen) atoms. The molecule has 138 valence electrons. The van der Waals surface area contributed by atoms with Crippen molar-refractivity contribution in [2.45, 2.75) is 32.1 Å². The molecule has 0 spiro atoms. The first-order valence-corrected chi connectivity index (χ1v) is 10.1. The first kappa shape index (κ1) is 19.6. The maximum absolute atomic E-state index is 12.7. The van der Waals surface area contributed by atoms with Crippen LogP contribution in [0, 0.1) is 6.92 Å². The van der Waals surface area contributed by atoms with E-state index in [4.69, 9.17) is 0 Å². The second kappa shape index (κ2) is 8.60. The summed E-state index contributed by atoms with van der Waals surface area (Å²) in [5.74, 6) is -0.242. The lowest BCUT2D eigenvalue weighted by molar-refractivity contribution is 0.0956. The highest BCUT2D eigenvalue weighted by Crippen LogP contribution is 2.19. The smallest absolute Gasteiger partial charge is 0.251 e. The zero-order valence-corrected chi connectivity index (χ0v) is 15.9. The summed E-state index contributed by atoms with van der Waals surface area (Å²) in [5, 5.41) is 6.13. The zero-order valence-electron chi connectivity index (χ0n) is 15.1. The standard InChI is InChI=1S/C18H27N3O3S/c1-4-21(5-2)25(23,24)16-7-6-14(3)17(12-16)18(22)20-13-15-8-10-19-11-9-15/h6-8,12,19H,4-5,9-11,13H2,1-3H3,(H,20,22). The summed E-state index contributed by atoms with van der Waals surface area (Å²) in [6, 6.07) is 4.74. The number of benzene rings is 1. The van der Waals surface area contributed by atoms with Crippen LogP contribution in [0.25, 0.3) is 0 Å². The van der Waals surface area contributed by atoms with Gasteiger partial charge in [0.1, 0.15) is 0 Å². The van der Waals surface area contributed by atoms with Gasteiger partial charge in [0, 0.05) is 31.7 Å². The molecule has 0 unspecified atom stereocenters. The van der Waals surface area contributed by atoms with E-state index >= 15 is 0 Å². The summed E-state index contributed by atoms with van der Waals surface area (Å²) < 4.78 is 26.7. The van der Waals surface area contributed by atoms with Crippen molar-refractivity contribution in [1.29, 1.82) is 0 Å². The summed E-state index contributed by atoms with van der Waals surface area (Å²) in [6.07, 6.45) is 2.99. The number of nitrogens with one attached hydrogen (secondary N) is 2. The van der Waals surface area contributed by atoms with Crippen molar-refractivity contribution in [2.75, 3.05) is 32.7 Å². The van der Waals surface area contributed by atoms with Gasteiger partial charge in [0.15, 0.2) is 0 Å². The van der Waals surface area contributed by atoms with Gasteiger partial charge < -0.3 is 10.6 Å². The van der Waals surface area contributed by atoms with Crippen LogP contribution in [0.3, 0.4) is 0 Å². The average molecular weight is 365 g/mol. The van der Waals surface area contributed by atoms with E-state index in [2.05, 4.69) is 16.7 Å². The van der Waals surface area contributed by atoms with E-state index in [1.165, 1.54) is 15.9 Å². The van der Waals surface area contributed by atoms with Gasteiger partial charge in [0.2, 0.25) is 10.0 Å². The molecule has 0 radical (unpaired) electrons. The van der Waals surface area contributed by atoms with E-state index < -0.39 is 10.0 Å². The summed E-state index contributed by atoms with van der Waals surface area (Å²) in [6.45, 7) is 8.44. The SMILES string of the molecule is CCN(CC)S(=O)(=O)c1ccc(C)c(C(=O)NCC2=CCNCC2)c1. The van der Waals surface area contributed by atoms with Crippen LogP contribution >= 0.6 is 0 Å². The first-order chi connectivity index (χ1) is 11.9. The van der Waals surface area contributed by atoms with Crippen LogP contribution in [0.1, 0.15) is 36.2 Å². The van der Waals surface area contributed by atoms with E-state index in [0.717, 1.165) is 25.1 Å². The van der Waals surface area contributed by atoms with Crippen LogP contribution in [0.5, 0.6) is 0 Å². The Bertz CT molecular complexity index is 753. The van der Waals surface area contributed by atoms with Gasteiger partial charge in [-0.2, -0.15) is 4.31 Å². The maximum Gasteiger partial charge on any atom is 0.251 e. The molecule has 0 aliphatic carbocycles. The second-order valence-corrected chi connectivity index (χ2v) is 8.00. The second-order valence-electron chi connectivity index (χ2n) is 6.07. The molecular weight excluding hydrogens is 338 g/mol. The molecular formula is C18H27N3O3S. The van der Waals surface area contributed by atoms with E-state index in [0.29, 0.717) is 25.2 Å². The quantitative estimate of drug-likeness (QED) is 0.721. The highest BCUT2D eigenvalue weighted by atomic mass is 32.2. The lowest BCUT2D eigenvalue weighted by atomic mass is 10.1. The topological polar surface area (TPSA) is 78.5 Å². The fourth-order valence-corrected chi connectivity index (χ4v) is 4.32. The number of rotatable bonds is 7. The van der Waals surface area contributed by atoms with Gasteiger partial charge in [-0.3, -0.25) is 4.79 Å². The summed E-state index contributed by atoms with van der Waals surface area (Å²) in [7, 11) is -3.58. The summed E-state index contributed by atoms with van der Waals surface area (Å²) in [4.78, 5) is 12.7. The Hall–Kier alpha value is -1.70. The molecule has 1 aromatic rings. The van der Waals surface area contributed by atoms with E-state index in [-0.39, 0.29) is 10.8 Å². The van der Waals surface area contributed by atoms with Gasteiger partial charge in [0.25, 0.3) is 5.91 Å². The molecule has 0 aromatic heterocycles. The molecule has 1 aromatic carbocycles. The van der Waals surface area contributed by atoms with Gasteiger partial charge in [-0.15, -0.1) is 0 Å². The summed E-state index contributed by atoms with van der Waals surface area (Å²) in [5.41, 5.74) is 2.36. The number of nitrogens with zero attached hydrogens (tertiary/aromatic N) is 1. The predicted molar refractivity (Wildman–Crippen MR) is 99.2 cm³/mol. The van der Waals surface area contributed by atoms with Crippen LogP contribution < -0.4 is 10.6 Å². The highest BCUT2D eigenvalue weighted by Gasteiger charge is 2.23. The largest absolute Gasteiger partial charge is 0.348 e. The molecule has 0 saturated carbocycles. The number of carbonyl (C=O) groups is 1. The number of hydrogen-bond donors (Lipinski definition) is 2. The molecule has 1 heterocycles. The van der Waals surface area contributed by atoms with Crippen LogP contribution in [0.4, 0.5) is 0 Å². The molecule has 0 atom stereocenters. The third-order valence-electron chi connectivity index (χ3n) is 4.43. The number of aryl methyl sites for hydroxylation is 1. The number of carbonyl (C=O) groups excluding carboxylic acids is 1. The molecule has 1 aliphatic rings. The minimum Gasteiger partial charge on any atom is -0.348 e. The van der Waals surface area contributed by atoms with Crippen LogP contribution in [0.2, 0.25) is 0 Å². The van der Waals surface area contributed by atoms with Gasteiger partial charge >= 0.3 is 0 Å². The Labute approximate surface area is 150 Å². The number of sulfonamides is 1. The van der Waals surface area contributed by atoms with Crippen molar-refractivity contribution in [2.24, 2.45) is 0 Å². The van der Waals surface area contributed by atoms with E-state index in [1.807, 2.05) is 6.92 Å². The average Bonchev–Trinajstić information content (AvgIpc) is 2.61. The van der Waals surface area contributed by atoms with Gasteiger partial charge in [-0.25, -0.2) is 8.42 Å². The molecule has 2 N–H and O–H groups in total. The summed E-state index contributed by atoms with van der Waals surface area (Å²) >= 11 is 0. The minimum absolute atomic E-state index is 0.160. The molecule has 1 aliphatic heterocycles. The van der Waals surface area contributed by atoms with Gasteiger partial charge in [0.05, 0.1) is 4.90 Å². The fourth-order valence-electron chi connectivity index (χ4n) is 2.84. The monoisotopic (exact) mass is 365 g/mol. The van der Waals surface area contributed by atoms with Crippen LogP contribution in [0.15, 0.2) is 34.7 Å². The van der Waals surface area contributed by atoms with Crippen molar-refractivity contribution in [3.8, 4) is 0 Å². The van der Waals surface area contributed by atoms with Crippen molar-refractivity contribution in [3.63, 3.8) is 0 Å². The number of amides is 1. The lowest BCUT2D eigenvalue weighted by Gasteiger charge is -2.19. The third kappa shape index (κ3) is 4.68. The van der Waals surface area contributed by atoms with Crippen molar-refractivity contribution in [1.82, 2.24) is 14.9 Å². The van der Waals surface area contributed by atoms with E-state index in [1.54, 1.807) is 26.0 Å². The Morgan fingerprint density at radius 1 is 1.28 bits per heavy atom. The molecule has 2 rings (SSSR count). The minimum atomic E-state index is -3.58. The van der Waals surface area contributed by atoms with Crippen molar-refractivity contribution < 1.29 is 13.2 Å². The van der Waals surface area contributed by atoms with E-state index in [9.17, 15) is 13.2 Å². The Balaban J connectivity index is 2.20. The predicted octanol–water partition coefficient (Wildman–Crippen LogP) is 1.68. The molecule has 7 heteroatoms. The van der Waals surface area contributed by atoms with Crippen LogP contribution in [-0.4, -0.2) is 51.4 Å². The third-order valence-corrected chi connectivity index (χ3v) is 6.48. The van der Waals surface area contributed by atoms with Crippen LogP contribution in [-0.2, 0) is 10.0 Å². The maximum atomic E-state index is 12.7. The Morgan fingerprint density at radius 2 is 2.00 bits per heavy atom. The highest BCUT2D eigenvalue weighted by molar-refractivity contribution is 7.89. The number of hydrogen-bond acceptors (Lipinski definition) is 4. The molecule has 0 saturated heterocycles. The Morgan fingerprint density at radius 3 is 2.60 bits per heavy atom. The molecule has 1 amide bonds. The first-order valence-electron chi connectivity index (χ1n) is 8.67. The lowest BCUT2D eigenvalue weighted by Crippen LogP contribution is -2.32. The van der Waals surface area contributed by atoms with Crippen molar-refractivity contribution >= 4 is 15.9 Å². The van der Waals surface area contributed by atoms with Crippen molar-refractivity contribution in [3.05, 3.63) is 41.0 Å². The van der Waals surface area contributed by atoms with Gasteiger partial charge in [-0.05, 0) is 37.6 Å². The normalized spacial score (nSPS) is 15.1. The molecule has 0 fully saturated rings. The zero-order chi connectivity index (χ0) is 18.4. The Kier molecular flexibility index (Phi) is 6.75.